The maximum atomic E-state index is 13.5. The number of hydrogen-bond acceptors (Lipinski definition) is 3. The first-order chi connectivity index (χ1) is 12.5. The number of aromatic nitrogens is 2. The SMILES string of the molecule is NS(=O)(=O)c1ccccc1-c1n[nH]c(C(F)(F)F)c1-c1ccc(Cl)cc1Cl. The molecule has 1 heterocycles. The van der Waals surface area contributed by atoms with Crippen LogP contribution in [0.5, 0.6) is 0 Å². The third-order valence-corrected chi connectivity index (χ3v) is 5.22. The molecule has 2 aromatic carbocycles. The minimum atomic E-state index is -4.79. The van der Waals surface area contributed by atoms with Crippen LogP contribution in [0.2, 0.25) is 10.0 Å². The number of sulfonamides is 1. The summed E-state index contributed by atoms with van der Waals surface area (Å²) in [5, 5.41) is 11.0. The van der Waals surface area contributed by atoms with Gasteiger partial charge in [0.15, 0.2) is 0 Å². The van der Waals surface area contributed by atoms with Crippen molar-refractivity contribution < 1.29 is 21.6 Å². The molecule has 142 valence electrons. The first kappa shape index (κ1) is 19.7. The zero-order chi connectivity index (χ0) is 20.0. The second kappa shape index (κ2) is 6.83. The molecule has 0 amide bonds. The Bertz CT molecular complexity index is 1130. The molecular formula is C16H10Cl2F3N3O2S. The minimum absolute atomic E-state index is 0.0126. The van der Waals surface area contributed by atoms with E-state index in [2.05, 4.69) is 5.10 Å². The molecular weight excluding hydrogens is 426 g/mol. The predicted octanol–water partition coefficient (Wildman–Crippen LogP) is 4.72. The highest BCUT2D eigenvalue weighted by Gasteiger charge is 2.39. The van der Waals surface area contributed by atoms with Crippen molar-refractivity contribution in [1.82, 2.24) is 10.2 Å². The summed E-state index contributed by atoms with van der Waals surface area (Å²) in [6.07, 6.45) is -4.79. The zero-order valence-electron chi connectivity index (χ0n) is 13.2. The van der Waals surface area contributed by atoms with Crippen LogP contribution < -0.4 is 5.14 Å². The van der Waals surface area contributed by atoms with Crippen molar-refractivity contribution in [3.05, 3.63) is 58.2 Å². The highest BCUT2D eigenvalue weighted by molar-refractivity contribution is 7.89. The van der Waals surface area contributed by atoms with E-state index in [0.29, 0.717) is 0 Å². The number of nitrogens with zero attached hydrogens (tertiary/aromatic N) is 1. The van der Waals surface area contributed by atoms with Gasteiger partial charge >= 0.3 is 6.18 Å². The average Bonchev–Trinajstić information content (AvgIpc) is 2.99. The van der Waals surface area contributed by atoms with Crippen molar-refractivity contribution in [3.63, 3.8) is 0 Å². The van der Waals surface area contributed by atoms with E-state index in [0.717, 1.165) is 0 Å². The summed E-state index contributed by atoms with van der Waals surface area (Å²) in [6, 6.07) is 9.29. The summed E-state index contributed by atoms with van der Waals surface area (Å²) in [7, 11) is -4.21. The number of nitrogens with two attached hydrogens (primary N) is 1. The van der Waals surface area contributed by atoms with Crippen molar-refractivity contribution in [2.45, 2.75) is 11.1 Å². The summed E-state index contributed by atoms with van der Waals surface area (Å²) in [4.78, 5) is -0.364. The lowest BCUT2D eigenvalue weighted by atomic mass is 9.98. The fourth-order valence-corrected chi connectivity index (χ4v) is 3.85. The van der Waals surface area contributed by atoms with Crippen LogP contribution in [-0.2, 0) is 16.2 Å². The Morgan fingerprint density at radius 3 is 2.30 bits per heavy atom. The fourth-order valence-electron chi connectivity index (χ4n) is 2.61. The molecule has 0 bridgehead atoms. The van der Waals surface area contributed by atoms with Gasteiger partial charge in [0.25, 0.3) is 0 Å². The van der Waals surface area contributed by atoms with Gasteiger partial charge in [-0.1, -0.05) is 47.5 Å². The van der Waals surface area contributed by atoms with Gasteiger partial charge in [0.05, 0.1) is 9.92 Å². The maximum Gasteiger partial charge on any atom is 0.433 e. The summed E-state index contributed by atoms with van der Waals surface area (Å²) >= 11 is 11.9. The van der Waals surface area contributed by atoms with Gasteiger partial charge in [0.1, 0.15) is 11.4 Å². The predicted molar refractivity (Wildman–Crippen MR) is 95.9 cm³/mol. The molecule has 11 heteroatoms. The third-order valence-electron chi connectivity index (χ3n) is 3.70. The van der Waals surface area contributed by atoms with Crippen molar-refractivity contribution >= 4 is 33.2 Å². The number of nitrogens with one attached hydrogen (secondary N) is 1. The summed E-state index contributed by atoms with van der Waals surface area (Å²) < 4.78 is 64.3. The number of hydrogen-bond donors (Lipinski definition) is 2. The molecule has 0 fully saturated rings. The van der Waals surface area contributed by atoms with Gasteiger partial charge in [-0.25, -0.2) is 13.6 Å². The molecule has 1 aromatic heterocycles. The van der Waals surface area contributed by atoms with E-state index in [1.54, 1.807) is 0 Å². The van der Waals surface area contributed by atoms with E-state index >= 15 is 0 Å². The summed E-state index contributed by atoms with van der Waals surface area (Å²) in [5.74, 6) is 0. The topological polar surface area (TPSA) is 88.8 Å². The second-order valence-electron chi connectivity index (χ2n) is 5.49. The van der Waals surface area contributed by atoms with Gasteiger partial charge in [-0.05, 0) is 18.2 Å². The Morgan fingerprint density at radius 1 is 1.04 bits per heavy atom. The van der Waals surface area contributed by atoms with Crippen LogP contribution in [0.4, 0.5) is 13.2 Å². The van der Waals surface area contributed by atoms with Crippen molar-refractivity contribution in [3.8, 4) is 22.4 Å². The van der Waals surface area contributed by atoms with E-state index < -0.39 is 27.5 Å². The van der Waals surface area contributed by atoms with Crippen LogP contribution in [0.15, 0.2) is 47.4 Å². The smallest absolute Gasteiger partial charge is 0.272 e. The maximum absolute atomic E-state index is 13.5. The number of alkyl halides is 3. The lowest BCUT2D eigenvalue weighted by molar-refractivity contribution is -0.140. The standard InChI is InChI=1S/C16H10Cl2F3N3O2S/c17-8-5-6-9(11(18)7-8)13-14(23-24-15(13)16(19,20)21)10-3-1-2-4-12(10)27(22,25)26/h1-7H,(H,23,24)(H2,22,25,26). The lowest BCUT2D eigenvalue weighted by Gasteiger charge is -2.12. The molecule has 0 saturated carbocycles. The first-order valence-electron chi connectivity index (χ1n) is 7.23. The average molecular weight is 436 g/mol. The molecule has 0 unspecified atom stereocenters. The Hall–Kier alpha value is -2.07. The van der Waals surface area contributed by atoms with Crippen molar-refractivity contribution in [2.24, 2.45) is 5.14 Å². The monoisotopic (exact) mass is 435 g/mol. The molecule has 0 aliphatic heterocycles. The van der Waals surface area contributed by atoms with Crippen LogP contribution >= 0.6 is 23.2 Å². The first-order valence-corrected chi connectivity index (χ1v) is 9.53. The van der Waals surface area contributed by atoms with E-state index in [-0.39, 0.29) is 31.8 Å². The Labute approximate surface area is 162 Å². The van der Waals surface area contributed by atoms with Crippen LogP contribution in [0.25, 0.3) is 22.4 Å². The molecule has 0 aliphatic carbocycles. The molecule has 5 nitrogen and oxygen atoms in total. The van der Waals surface area contributed by atoms with E-state index in [1.165, 1.54) is 42.5 Å². The molecule has 0 saturated heterocycles. The van der Waals surface area contributed by atoms with E-state index in [4.69, 9.17) is 28.3 Å². The van der Waals surface area contributed by atoms with Gasteiger partial charge in [-0.3, -0.25) is 5.10 Å². The van der Waals surface area contributed by atoms with Gasteiger partial charge in [0, 0.05) is 21.7 Å². The van der Waals surface area contributed by atoms with E-state index in [9.17, 15) is 21.6 Å². The van der Waals surface area contributed by atoms with Gasteiger partial charge in [0.2, 0.25) is 10.0 Å². The molecule has 3 aromatic rings. The van der Waals surface area contributed by atoms with Gasteiger partial charge in [-0.2, -0.15) is 18.3 Å². The molecule has 0 aliphatic rings. The minimum Gasteiger partial charge on any atom is -0.272 e. The number of halogens is 5. The molecule has 27 heavy (non-hydrogen) atoms. The third kappa shape index (κ3) is 3.81. The van der Waals surface area contributed by atoms with Crippen LogP contribution in [0.1, 0.15) is 5.69 Å². The quantitative estimate of drug-likeness (QED) is 0.623. The van der Waals surface area contributed by atoms with Crippen LogP contribution in [0.3, 0.4) is 0 Å². The Morgan fingerprint density at radius 2 is 1.70 bits per heavy atom. The molecule has 0 radical (unpaired) electrons. The molecule has 0 atom stereocenters. The molecule has 3 N–H and O–H groups in total. The number of primary sulfonamides is 1. The number of benzene rings is 2. The van der Waals surface area contributed by atoms with Crippen molar-refractivity contribution in [2.75, 3.05) is 0 Å². The van der Waals surface area contributed by atoms with Crippen molar-refractivity contribution in [1.29, 1.82) is 0 Å². The van der Waals surface area contributed by atoms with E-state index in [1.807, 2.05) is 5.10 Å². The summed E-state index contributed by atoms with van der Waals surface area (Å²) in [6.45, 7) is 0. The fraction of sp³-hybridized carbons (Fsp3) is 0.0625. The molecule has 3 rings (SSSR count). The Balaban J connectivity index is 2.40. The highest BCUT2D eigenvalue weighted by Crippen LogP contribution is 2.44. The number of aromatic amines is 1. The normalized spacial score (nSPS) is 12.4. The van der Waals surface area contributed by atoms with Gasteiger partial charge in [-0.15, -0.1) is 0 Å². The summed E-state index contributed by atoms with van der Waals surface area (Å²) in [5.41, 5.74) is -1.93. The largest absolute Gasteiger partial charge is 0.433 e. The van der Waals surface area contributed by atoms with Crippen LogP contribution in [-0.4, -0.2) is 18.6 Å². The molecule has 0 spiro atoms. The number of rotatable bonds is 3. The second-order valence-corrected chi connectivity index (χ2v) is 7.86. The highest BCUT2D eigenvalue weighted by atomic mass is 35.5. The zero-order valence-corrected chi connectivity index (χ0v) is 15.5. The number of H-pyrrole nitrogens is 1. The van der Waals surface area contributed by atoms with Crippen LogP contribution in [0, 0.1) is 0 Å². The lowest BCUT2D eigenvalue weighted by Crippen LogP contribution is -2.13. The Kier molecular flexibility index (Phi) is 4.98. The van der Waals surface area contributed by atoms with Gasteiger partial charge < -0.3 is 0 Å².